The van der Waals surface area contributed by atoms with Gasteiger partial charge >= 0.3 is 5.97 Å². The molecule has 0 saturated carbocycles. The largest absolute Gasteiger partial charge is 0.450 e. The van der Waals surface area contributed by atoms with Gasteiger partial charge in [-0.25, -0.2) is 4.79 Å². The summed E-state index contributed by atoms with van der Waals surface area (Å²) in [6.07, 6.45) is 1.88. The number of ether oxygens (including phenoxy) is 1. The van der Waals surface area contributed by atoms with Gasteiger partial charge in [-0.3, -0.25) is 0 Å². The highest BCUT2D eigenvalue weighted by Gasteiger charge is 2.44. The normalized spacial score (nSPS) is 17.4. The molecule has 0 radical (unpaired) electrons. The standard InChI is InChI=1S/C17H24O2/c1-11(2)8-15-14(7)17(9-12(3)4,10-13(5)6)19-16(15)18/h1,3,5,8-10H2,2,4,6-7H3. The molecule has 1 rings (SSSR count). The van der Waals surface area contributed by atoms with E-state index in [0.717, 1.165) is 27.9 Å². The summed E-state index contributed by atoms with van der Waals surface area (Å²) in [4.78, 5) is 12.1. The number of esters is 1. The molecule has 0 bridgehead atoms. The molecule has 0 fully saturated rings. The van der Waals surface area contributed by atoms with Gasteiger partial charge in [0.25, 0.3) is 0 Å². The van der Waals surface area contributed by atoms with Crippen LogP contribution in [0.15, 0.2) is 47.6 Å². The van der Waals surface area contributed by atoms with Crippen LogP contribution in [0.25, 0.3) is 0 Å². The van der Waals surface area contributed by atoms with Crippen molar-refractivity contribution in [3.63, 3.8) is 0 Å². The Labute approximate surface area is 116 Å². The zero-order valence-corrected chi connectivity index (χ0v) is 12.6. The van der Waals surface area contributed by atoms with E-state index in [1.807, 2.05) is 27.7 Å². The molecule has 2 heteroatoms. The second-order valence-electron chi connectivity index (χ2n) is 5.89. The maximum Gasteiger partial charge on any atom is 0.335 e. The first-order chi connectivity index (χ1) is 8.68. The Hall–Kier alpha value is -1.57. The van der Waals surface area contributed by atoms with Crippen molar-refractivity contribution >= 4 is 5.97 Å². The lowest BCUT2D eigenvalue weighted by molar-refractivity contribution is -0.146. The lowest BCUT2D eigenvalue weighted by Crippen LogP contribution is -2.32. The average molecular weight is 260 g/mol. The van der Waals surface area contributed by atoms with Crippen molar-refractivity contribution in [2.75, 3.05) is 0 Å². The molecule has 2 nitrogen and oxygen atoms in total. The second-order valence-corrected chi connectivity index (χ2v) is 5.89. The Kier molecular flexibility index (Phi) is 4.56. The summed E-state index contributed by atoms with van der Waals surface area (Å²) in [5.74, 6) is -0.219. The zero-order valence-electron chi connectivity index (χ0n) is 12.6. The fraction of sp³-hybridized carbons (Fsp3) is 0.471. The van der Waals surface area contributed by atoms with Crippen LogP contribution in [0, 0.1) is 0 Å². The van der Waals surface area contributed by atoms with Gasteiger partial charge in [-0.05, 0) is 33.3 Å². The molecule has 19 heavy (non-hydrogen) atoms. The van der Waals surface area contributed by atoms with E-state index in [1.54, 1.807) is 0 Å². The van der Waals surface area contributed by atoms with E-state index in [9.17, 15) is 4.79 Å². The lowest BCUT2D eigenvalue weighted by atomic mass is 9.82. The minimum atomic E-state index is -0.584. The van der Waals surface area contributed by atoms with Gasteiger partial charge < -0.3 is 4.74 Å². The fourth-order valence-electron chi connectivity index (χ4n) is 2.62. The van der Waals surface area contributed by atoms with Gasteiger partial charge in [0.05, 0.1) is 0 Å². The highest BCUT2D eigenvalue weighted by atomic mass is 16.6. The van der Waals surface area contributed by atoms with Crippen molar-refractivity contribution in [2.45, 2.75) is 52.6 Å². The van der Waals surface area contributed by atoms with Gasteiger partial charge in [0.1, 0.15) is 5.60 Å². The third kappa shape index (κ3) is 3.46. The molecule has 0 atom stereocenters. The predicted molar refractivity (Wildman–Crippen MR) is 79.8 cm³/mol. The van der Waals surface area contributed by atoms with Gasteiger partial charge in [0.15, 0.2) is 0 Å². The monoisotopic (exact) mass is 260 g/mol. The summed E-state index contributed by atoms with van der Waals surface area (Å²) in [6.45, 7) is 19.6. The van der Waals surface area contributed by atoms with Crippen molar-refractivity contribution < 1.29 is 9.53 Å². The molecule has 1 aliphatic rings. The number of cyclic esters (lactones) is 1. The van der Waals surface area contributed by atoms with Crippen molar-refractivity contribution in [1.82, 2.24) is 0 Å². The van der Waals surface area contributed by atoms with Crippen LogP contribution in [-0.4, -0.2) is 11.6 Å². The van der Waals surface area contributed by atoms with E-state index >= 15 is 0 Å². The number of hydrogen-bond acceptors (Lipinski definition) is 2. The van der Waals surface area contributed by atoms with Crippen LogP contribution in [0.2, 0.25) is 0 Å². The molecule has 0 aromatic rings. The first-order valence-electron chi connectivity index (χ1n) is 6.54. The van der Waals surface area contributed by atoms with E-state index in [2.05, 4.69) is 19.7 Å². The van der Waals surface area contributed by atoms with Gasteiger partial charge in [-0.2, -0.15) is 0 Å². The first kappa shape index (κ1) is 15.5. The number of hydrogen-bond donors (Lipinski definition) is 0. The number of carbonyl (C=O) groups is 1. The minimum absolute atomic E-state index is 0.219. The molecule has 0 aromatic carbocycles. The quantitative estimate of drug-likeness (QED) is 0.519. The second kappa shape index (κ2) is 5.60. The molecular weight excluding hydrogens is 236 g/mol. The third-order valence-electron chi connectivity index (χ3n) is 3.32. The minimum Gasteiger partial charge on any atom is -0.450 e. The Morgan fingerprint density at radius 2 is 1.53 bits per heavy atom. The molecule has 0 N–H and O–H groups in total. The Bertz CT molecular complexity index is 461. The van der Waals surface area contributed by atoms with E-state index in [0.29, 0.717) is 19.3 Å². The summed E-state index contributed by atoms with van der Waals surface area (Å²) in [7, 11) is 0. The topological polar surface area (TPSA) is 26.3 Å². The maximum absolute atomic E-state index is 12.1. The van der Waals surface area contributed by atoms with Gasteiger partial charge in [0.2, 0.25) is 0 Å². The smallest absolute Gasteiger partial charge is 0.335 e. The maximum atomic E-state index is 12.1. The summed E-state index contributed by atoms with van der Waals surface area (Å²) < 4.78 is 5.72. The molecule has 0 aromatic heterocycles. The van der Waals surface area contributed by atoms with Crippen LogP contribution in [0.1, 0.15) is 47.0 Å². The zero-order chi connectivity index (χ0) is 14.8. The van der Waals surface area contributed by atoms with Crippen molar-refractivity contribution in [3.8, 4) is 0 Å². The van der Waals surface area contributed by atoms with Crippen molar-refractivity contribution in [3.05, 3.63) is 47.6 Å². The molecule has 104 valence electrons. The first-order valence-corrected chi connectivity index (χ1v) is 6.54. The summed E-state index contributed by atoms with van der Waals surface area (Å²) in [5, 5.41) is 0. The number of carbonyl (C=O) groups excluding carboxylic acids is 1. The summed E-state index contributed by atoms with van der Waals surface area (Å²) in [5.41, 5.74) is 4.14. The molecular formula is C17H24O2. The SMILES string of the molecule is C=C(C)CC1=C(C)C(CC(=C)C)(CC(=C)C)OC1=O. The van der Waals surface area contributed by atoms with E-state index < -0.39 is 5.60 Å². The number of rotatable bonds is 6. The summed E-state index contributed by atoms with van der Waals surface area (Å²) in [6, 6.07) is 0. The molecule has 0 aliphatic carbocycles. The highest BCUT2D eigenvalue weighted by Crippen LogP contribution is 2.42. The van der Waals surface area contributed by atoms with Crippen LogP contribution in [0.4, 0.5) is 0 Å². The highest BCUT2D eigenvalue weighted by molar-refractivity contribution is 5.93. The molecule has 0 unspecified atom stereocenters. The van der Waals surface area contributed by atoms with Gasteiger partial charge in [-0.1, -0.05) is 36.5 Å². The molecule has 1 aliphatic heterocycles. The van der Waals surface area contributed by atoms with Crippen LogP contribution in [0.5, 0.6) is 0 Å². The van der Waals surface area contributed by atoms with Crippen LogP contribution >= 0.6 is 0 Å². The van der Waals surface area contributed by atoms with Gasteiger partial charge in [-0.15, -0.1) is 0 Å². The summed E-state index contributed by atoms with van der Waals surface area (Å²) >= 11 is 0. The lowest BCUT2D eigenvalue weighted by Gasteiger charge is -2.30. The average Bonchev–Trinajstić information content (AvgIpc) is 2.40. The van der Waals surface area contributed by atoms with Crippen molar-refractivity contribution in [1.29, 1.82) is 0 Å². The number of allylic oxidation sites excluding steroid dienone is 1. The Morgan fingerprint density at radius 1 is 1.05 bits per heavy atom. The third-order valence-corrected chi connectivity index (χ3v) is 3.32. The molecule has 1 heterocycles. The van der Waals surface area contributed by atoms with E-state index in [4.69, 9.17) is 4.74 Å². The Balaban J connectivity index is 3.21. The molecule has 0 saturated heterocycles. The molecule has 0 spiro atoms. The van der Waals surface area contributed by atoms with E-state index in [-0.39, 0.29) is 5.97 Å². The van der Waals surface area contributed by atoms with E-state index in [1.165, 1.54) is 0 Å². The van der Waals surface area contributed by atoms with Crippen LogP contribution < -0.4 is 0 Å². The van der Waals surface area contributed by atoms with Crippen molar-refractivity contribution in [2.24, 2.45) is 0 Å². The fourth-order valence-corrected chi connectivity index (χ4v) is 2.62. The molecule has 0 amide bonds. The van der Waals surface area contributed by atoms with Crippen LogP contribution in [-0.2, 0) is 9.53 Å². The predicted octanol–water partition coefficient (Wildman–Crippen LogP) is 4.50. The van der Waals surface area contributed by atoms with Crippen LogP contribution in [0.3, 0.4) is 0 Å². The Morgan fingerprint density at radius 3 is 1.89 bits per heavy atom. The van der Waals surface area contributed by atoms with Gasteiger partial charge in [0, 0.05) is 24.8 Å².